The van der Waals surface area contributed by atoms with E-state index in [1.807, 2.05) is 44.7 Å². The lowest BCUT2D eigenvalue weighted by atomic mass is 10.1. The van der Waals surface area contributed by atoms with Crippen LogP contribution >= 0.6 is 0 Å². The van der Waals surface area contributed by atoms with Crippen LogP contribution in [0.2, 0.25) is 0 Å². The summed E-state index contributed by atoms with van der Waals surface area (Å²) in [7, 11) is -1.13. The first-order valence-electron chi connectivity index (χ1n) is 8.92. The third-order valence-corrected chi connectivity index (χ3v) is 5.78. The predicted octanol–water partition coefficient (Wildman–Crippen LogP) is 3.17. The van der Waals surface area contributed by atoms with Crippen molar-refractivity contribution in [2.75, 3.05) is 21.4 Å². The molecule has 1 unspecified atom stereocenters. The van der Waals surface area contributed by atoms with Crippen molar-refractivity contribution in [1.82, 2.24) is 4.98 Å². The second kappa shape index (κ2) is 7.76. The molecule has 1 aromatic heterocycles. The molecule has 0 N–H and O–H groups in total. The molecule has 1 fully saturated rings. The molecule has 1 amide bonds. The van der Waals surface area contributed by atoms with Gasteiger partial charge < -0.3 is 9.80 Å². The Labute approximate surface area is 161 Å². The van der Waals surface area contributed by atoms with Gasteiger partial charge in [-0.2, -0.15) is 0 Å². The van der Waals surface area contributed by atoms with Gasteiger partial charge in [0.2, 0.25) is 0 Å². The molecular formula is C20H24FN3O2S. The molecule has 144 valence electrons. The van der Waals surface area contributed by atoms with Gasteiger partial charge in [0.15, 0.2) is 0 Å². The van der Waals surface area contributed by atoms with Crippen LogP contribution in [-0.2, 0) is 15.6 Å². The molecule has 1 aromatic carbocycles. The normalized spacial score (nSPS) is 19.6. The van der Waals surface area contributed by atoms with Crippen LogP contribution in [0.4, 0.5) is 15.9 Å². The van der Waals surface area contributed by atoms with Crippen LogP contribution in [0.1, 0.15) is 25.1 Å². The number of aryl methyl sites for hydroxylation is 2. The second-order valence-electron chi connectivity index (χ2n) is 7.14. The average molecular weight is 389 g/mol. The molecule has 0 radical (unpaired) electrons. The minimum atomic E-state index is -1.13. The van der Waals surface area contributed by atoms with E-state index in [9.17, 15) is 13.4 Å². The van der Waals surface area contributed by atoms with Crippen LogP contribution in [-0.4, -0.2) is 38.8 Å². The maximum atomic E-state index is 13.4. The number of carbonyl (C=O) groups excluding carboxylic acids is 1. The predicted molar refractivity (Wildman–Crippen MR) is 107 cm³/mol. The number of anilines is 2. The average Bonchev–Trinajstić information content (AvgIpc) is 2.97. The summed E-state index contributed by atoms with van der Waals surface area (Å²) in [6, 6.07) is 9.07. The number of hydrogen-bond donors (Lipinski definition) is 0. The lowest BCUT2D eigenvalue weighted by molar-refractivity contribution is -0.119. The summed E-state index contributed by atoms with van der Waals surface area (Å²) in [6.07, 6.45) is 0. The highest BCUT2D eigenvalue weighted by Gasteiger charge is 2.39. The molecule has 2 heterocycles. The Morgan fingerprint density at radius 3 is 2.52 bits per heavy atom. The summed E-state index contributed by atoms with van der Waals surface area (Å²) in [5, 5.41) is 0. The Morgan fingerprint density at radius 1 is 1.26 bits per heavy atom. The smallest absolute Gasteiger partial charge is 0.250 e. The van der Waals surface area contributed by atoms with Gasteiger partial charge in [0, 0.05) is 28.2 Å². The van der Waals surface area contributed by atoms with Crippen molar-refractivity contribution in [3.8, 4) is 0 Å². The van der Waals surface area contributed by atoms with Crippen molar-refractivity contribution >= 4 is 28.2 Å². The van der Waals surface area contributed by atoms with Crippen LogP contribution in [0.3, 0.4) is 0 Å². The first-order chi connectivity index (χ1) is 12.8. The quantitative estimate of drug-likeness (QED) is 0.806. The molecule has 1 aliphatic heterocycles. The molecule has 0 bridgehead atoms. The highest BCUT2D eigenvalue weighted by molar-refractivity contribution is 7.85. The van der Waals surface area contributed by atoms with Gasteiger partial charge in [0.1, 0.15) is 17.7 Å². The molecular weight excluding hydrogens is 365 g/mol. The first kappa shape index (κ1) is 19.5. The molecule has 2 atom stereocenters. The lowest BCUT2D eigenvalue weighted by Crippen LogP contribution is -2.50. The summed E-state index contributed by atoms with van der Waals surface area (Å²) in [5.74, 6) is 0.709. The molecule has 7 heteroatoms. The third kappa shape index (κ3) is 4.18. The minimum Gasteiger partial charge on any atom is -0.332 e. The third-order valence-electron chi connectivity index (χ3n) is 4.53. The fourth-order valence-corrected chi connectivity index (χ4v) is 4.81. The number of nitrogens with zero attached hydrogens (tertiary/aromatic N) is 3. The van der Waals surface area contributed by atoms with Crippen molar-refractivity contribution in [1.29, 1.82) is 0 Å². The number of benzene rings is 1. The van der Waals surface area contributed by atoms with E-state index in [1.165, 1.54) is 12.1 Å². The standard InChI is InChI=1S/C20H24FN3O2S/c1-13(2)24(17-7-5-16(21)6-8-17)20(25)18-11-27(26)12-23(18)19-10-14(3)9-15(4)22-19/h5-10,13,18H,11-12H2,1-4H3/t18-,27?/m1/s1. The summed E-state index contributed by atoms with van der Waals surface area (Å²) in [5.41, 5.74) is 2.52. The molecule has 0 spiro atoms. The molecule has 1 saturated heterocycles. The Kier molecular flexibility index (Phi) is 5.60. The number of aromatic nitrogens is 1. The van der Waals surface area contributed by atoms with E-state index >= 15 is 0 Å². The van der Waals surface area contributed by atoms with Gasteiger partial charge in [-0.05, 0) is 69.7 Å². The number of rotatable bonds is 4. The van der Waals surface area contributed by atoms with Gasteiger partial charge in [-0.15, -0.1) is 0 Å². The topological polar surface area (TPSA) is 53.5 Å². The molecule has 5 nitrogen and oxygen atoms in total. The molecule has 0 saturated carbocycles. The van der Waals surface area contributed by atoms with Crippen LogP contribution in [0.25, 0.3) is 0 Å². The monoisotopic (exact) mass is 389 g/mol. The zero-order chi connectivity index (χ0) is 19.7. The molecule has 2 aromatic rings. The van der Waals surface area contributed by atoms with Crippen molar-refractivity contribution in [3.63, 3.8) is 0 Å². The number of carbonyl (C=O) groups is 1. The molecule has 3 rings (SSSR count). The Balaban J connectivity index is 1.96. The van der Waals surface area contributed by atoms with Crippen molar-refractivity contribution in [2.45, 2.75) is 39.8 Å². The Morgan fingerprint density at radius 2 is 1.93 bits per heavy atom. The summed E-state index contributed by atoms with van der Waals surface area (Å²) in [4.78, 5) is 21.4. The largest absolute Gasteiger partial charge is 0.332 e. The molecule has 1 aliphatic rings. The number of pyridine rings is 1. The van der Waals surface area contributed by atoms with Crippen molar-refractivity contribution in [2.24, 2.45) is 0 Å². The SMILES string of the molecule is Cc1cc(C)nc(N2CS(=O)C[C@@H]2C(=O)N(c2ccc(F)cc2)C(C)C)c1. The minimum absolute atomic E-state index is 0.119. The van der Waals surface area contributed by atoms with E-state index in [0.717, 1.165) is 11.3 Å². The van der Waals surface area contributed by atoms with Gasteiger partial charge in [0.25, 0.3) is 5.91 Å². The van der Waals surface area contributed by atoms with Gasteiger partial charge in [0.05, 0.1) is 11.6 Å². The highest BCUT2D eigenvalue weighted by Crippen LogP contribution is 2.27. The maximum Gasteiger partial charge on any atom is 0.250 e. The van der Waals surface area contributed by atoms with E-state index < -0.39 is 16.8 Å². The zero-order valence-electron chi connectivity index (χ0n) is 16.0. The number of amides is 1. The number of hydrogen-bond acceptors (Lipinski definition) is 4. The van der Waals surface area contributed by atoms with Crippen LogP contribution in [0.15, 0.2) is 36.4 Å². The first-order valence-corrected chi connectivity index (χ1v) is 10.4. The Hall–Kier alpha value is -2.28. The highest BCUT2D eigenvalue weighted by atomic mass is 32.2. The van der Waals surface area contributed by atoms with Crippen LogP contribution < -0.4 is 9.80 Å². The summed E-state index contributed by atoms with van der Waals surface area (Å²) < 4.78 is 25.6. The van der Waals surface area contributed by atoms with Crippen LogP contribution in [0, 0.1) is 19.7 Å². The van der Waals surface area contributed by atoms with Gasteiger partial charge in [-0.3, -0.25) is 9.00 Å². The van der Waals surface area contributed by atoms with Gasteiger partial charge in [-0.25, -0.2) is 9.37 Å². The fraction of sp³-hybridized carbons (Fsp3) is 0.400. The maximum absolute atomic E-state index is 13.4. The zero-order valence-corrected chi connectivity index (χ0v) is 16.8. The van der Waals surface area contributed by atoms with E-state index in [0.29, 0.717) is 11.5 Å². The van der Waals surface area contributed by atoms with E-state index in [1.54, 1.807) is 17.0 Å². The Bertz CT molecular complexity index is 850. The van der Waals surface area contributed by atoms with Gasteiger partial charge in [-0.1, -0.05) is 0 Å². The summed E-state index contributed by atoms with van der Waals surface area (Å²) in [6.45, 7) is 7.69. The van der Waals surface area contributed by atoms with E-state index in [-0.39, 0.29) is 29.4 Å². The number of halogens is 1. The van der Waals surface area contributed by atoms with Gasteiger partial charge >= 0.3 is 0 Å². The van der Waals surface area contributed by atoms with E-state index in [2.05, 4.69) is 4.98 Å². The van der Waals surface area contributed by atoms with Crippen LogP contribution in [0.5, 0.6) is 0 Å². The van der Waals surface area contributed by atoms with Crippen molar-refractivity contribution < 1.29 is 13.4 Å². The van der Waals surface area contributed by atoms with Crippen molar-refractivity contribution in [3.05, 3.63) is 53.5 Å². The summed E-state index contributed by atoms with van der Waals surface area (Å²) >= 11 is 0. The molecule has 27 heavy (non-hydrogen) atoms. The second-order valence-corrected chi connectivity index (χ2v) is 8.61. The lowest BCUT2D eigenvalue weighted by Gasteiger charge is -2.33. The fourth-order valence-electron chi connectivity index (χ4n) is 3.40. The molecule has 0 aliphatic carbocycles. The van der Waals surface area contributed by atoms with E-state index in [4.69, 9.17) is 0 Å².